The lowest BCUT2D eigenvalue weighted by Crippen LogP contribution is -2.28. The Balaban J connectivity index is 1.89. The molecule has 1 aliphatic heterocycles. The van der Waals surface area contributed by atoms with Crippen LogP contribution in [0, 0.1) is 5.92 Å². The number of carbonyl (C=O) groups excluding carboxylic acids is 1. The third-order valence-corrected chi connectivity index (χ3v) is 5.53. The average molecular weight is 309 g/mol. The molecule has 21 heavy (non-hydrogen) atoms. The zero-order valence-corrected chi connectivity index (χ0v) is 13.5. The number of likely N-dealkylation sites (N-methyl/N-ethyl adjacent to an activating group) is 1. The van der Waals surface area contributed by atoms with Gasteiger partial charge < -0.3 is 20.3 Å². The highest BCUT2D eigenvalue weighted by atomic mass is 32.1. The maximum Gasteiger partial charge on any atom is 0.178 e. The third-order valence-electron chi connectivity index (χ3n) is 4.27. The molecule has 1 aromatic heterocycles. The van der Waals surface area contributed by atoms with Gasteiger partial charge in [0, 0.05) is 25.6 Å². The first-order valence-corrected chi connectivity index (χ1v) is 8.37. The first kappa shape index (κ1) is 14.7. The van der Waals surface area contributed by atoms with Crippen molar-refractivity contribution in [1.82, 2.24) is 4.90 Å². The second kappa shape index (κ2) is 5.85. The summed E-state index contributed by atoms with van der Waals surface area (Å²) in [6.07, 6.45) is 3.12. The van der Waals surface area contributed by atoms with Crippen molar-refractivity contribution >= 4 is 27.8 Å². The number of hydrogen-bond acceptors (Lipinski definition) is 6. The summed E-state index contributed by atoms with van der Waals surface area (Å²) in [6.45, 7) is 4.06. The van der Waals surface area contributed by atoms with E-state index in [1.54, 1.807) is 7.11 Å². The summed E-state index contributed by atoms with van der Waals surface area (Å²) < 4.78 is 5.51. The Morgan fingerprint density at radius 2 is 2.05 bits per heavy atom. The standard InChI is InChI=1S/C15H23N3O2S/c1-17-6-3-7-18(9-8-17)15-13(20-2)11(16)14(21-15)12(19)10-4-5-10/h10H,3-9,16H2,1-2H3. The van der Waals surface area contributed by atoms with Gasteiger partial charge in [-0.1, -0.05) is 0 Å². The van der Waals surface area contributed by atoms with Crippen LogP contribution in [-0.4, -0.2) is 51.0 Å². The number of Topliss-reactive ketones (excluding diaryl/α,β-unsaturated/α-hetero) is 1. The van der Waals surface area contributed by atoms with Crippen LogP contribution in [0.5, 0.6) is 5.75 Å². The van der Waals surface area contributed by atoms with E-state index in [0.29, 0.717) is 16.3 Å². The zero-order chi connectivity index (χ0) is 15.0. The van der Waals surface area contributed by atoms with Crippen LogP contribution in [0.25, 0.3) is 0 Å². The van der Waals surface area contributed by atoms with Crippen molar-refractivity contribution in [3.8, 4) is 5.75 Å². The molecule has 0 aromatic carbocycles. The maximum atomic E-state index is 12.4. The molecule has 0 atom stereocenters. The Morgan fingerprint density at radius 3 is 2.71 bits per heavy atom. The van der Waals surface area contributed by atoms with Crippen molar-refractivity contribution in [2.45, 2.75) is 19.3 Å². The van der Waals surface area contributed by atoms with Gasteiger partial charge in [0.1, 0.15) is 5.00 Å². The quantitative estimate of drug-likeness (QED) is 0.863. The fraction of sp³-hybridized carbons (Fsp3) is 0.667. The Hall–Kier alpha value is -1.27. The molecule has 5 nitrogen and oxygen atoms in total. The van der Waals surface area contributed by atoms with Crippen LogP contribution in [0.2, 0.25) is 0 Å². The second-order valence-corrected chi connectivity index (χ2v) is 6.96. The van der Waals surface area contributed by atoms with Crippen LogP contribution in [0.3, 0.4) is 0 Å². The minimum Gasteiger partial charge on any atom is -0.492 e. The molecule has 1 saturated carbocycles. The molecule has 1 saturated heterocycles. The smallest absolute Gasteiger partial charge is 0.178 e. The number of anilines is 2. The Kier molecular flexibility index (Phi) is 4.08. The van der Waals surface area contributed by atoms with E-state index in [-0.39, 0.29) is 11.7 Å². The topological polar surface area (TPSA) is 58.8 Å². The number of thiophene rings is 1. The van der Waals surface area contributed by atoms with Gasteiger partial charge in [-0.05, 0) is 32.9 Å². The fourth-order valence-electron chi connectivity index (χ4n) is 2.79. The van der Waals surface area contributed by atoms with Gasteiger partial charge >= 0.3 is 0 Å². The molecule has 1 aliphatic carbocycles. The number of hydrogen-bond donors (Lipinski definition) is 1. The molecule has 2 heterocycles. The van der Waals surface area contributed by atoms with Crippen LogP contribution < -0.4 is 15.4 Å². The van der Waals surface area contributed by atoms with Crippen LogP contribution >= 0.6 is 11.3 Å². The molecule has 0 bridgehead atoms. The van der Waals surface area contributed by atoms with E-state index in [1.165, 1.54) is 11.3 Å². The molecule has 116 valence electrons. The SMILES string of the molecule is COc1c(N2CCCN(C)CC2)sc(C(=O)C2CC2)c1N. The highest BCUT2D eigenvalue weighted by Gasteiger charge is 2.35. The number of ketones is 1. The van der Waals surface area contributed by atoms with Crippen LogP contribution in [0.1, 0.15) is 28.9 Å². The second-order valence-electron chi connectivity index (χ2n) is 5.97. The first-order chi connectivity index (χ1) is 10.1. The summed E-state index contributed by atoms with van der Waals surface area (Å²) in [6, 6.07) is 0. The van der Waals surface area contributed by atoms with Gasteiger partial charge in [0.05, 0.1) is 17.7 Å². The van der Waals surface area contributed by atoms with Crippen molar-refractivity contribution in [2.75, 3.05) is 51.0 Å². The predicted molar refractivity (Wildman–Crippen MR) is 86.7 cm³/mol. The molecule has 0 radical (unpaired) electrons. The van der Waals surface area contributed by atoms with E-state index >= 15 is 0 Å². The van der Waals surface area contributed by atoms with E-state index in [0.717, 1.165) is 50.4 Å². The van der Waals surface area contributed by atoms with Gasteiger partial charge in [0.25, 0.3) is 0 Å². The average Bonchev–Trinajstić information content (AvgIpc) is 3.27. The molecule has 2 aliphatic rings. The lowest BCUT2D eigenvalue weighted by atomic mass is 10.2. The summed E-state index contributed by atoms with van der Waals surface area (Å²) >= 11 is 1.51. The molecule has 2 N–H and O–H groups in total. The van der Waals surface area contributed by atoms with Crippen molar-refractivity contribution in [3.63, 3.8) is 0 Å². The highest BCUT2D eigenvalue weighted by Crippen LogP contribution is 2.47. The number of nitrogens with two attached hydrogens (primary N) is 1. The molecular weight excluding hydrogens is 286 g/mol. The van der Waals surface area contributed by atoms with E-state index in [1.807, 2.05) is 0 Å². The monoisotopic (exact) mass is 309 g/mol. The van der Waals surface area contributed by atoms with Crippen LogP contribution in [0.15, 0.2) is 0 Å². The minimum atomic E-state index is 0.193. The molecule has 1 aromatic rings. The Morgan fingerprint density at radius 1 is 1.29 bits per heavy atom. The number of nitrogens with zero attached hydrogens (tertiary/aromatic N) is 2. The largest absolute Gasteiger partial charge is 0.492 e. The predicted octanol–water partition coefficient (Wildman–Crippen LogP) is 2.07. The lowest BCUT2D eigenvalue weighted by Gasteiger charge is -2.21. The number of methoxy groups -OCH3 is 1. The van der Waals surface area contributed by atoms with Crippen molar-refractivity contribution < 1.29 is 9.53 Å². The van der Waals surface area contributed by atoms with Crippen molar-refractivity contribution in [2.24, 2.45) is 5.92 Å². The first-order valence-electron chi connectivity index (χ1n) is 7.55. The summed E-state index contributed by atoms with van der Waals surface area (Å²) in [5.74, 6) is 1.08. The van der Waals surface area contributed by atoms with Gasteiger partial charge in [-0.25, -0.2) is 0 Å². The molecule has 0 spiro atoms. The lowest BCUT2D eigenvalue weighted by molar-refractivity contribution is 0.0972. The van der Waals surface area contributed by atoms with Crippen molar-refractivity contribution in [1.29, 1.82) is 0 Å². The van der Waals surface area contributed by atoms with Crippen LogP contribution in [-0.2, 0) is 0 Å². The molecule has 0 unspecified atom stereocenters. The third kappa shape index (κ3) is 2.87. The van der Waals surface area contributed by atoms with E-state index in [9.17, 15) is 4.79 Å². The highest BCUT2D eigenvalue weighted by molar-refractivity contribution is 7.19. The summed E-state index contributed by atoms with van der Waals surface area (Å²) in [7, 11) is 3.78. The zero-order valence-electron chi connectivity index (χ0n) is 12.7. The summed E-state index contributed by atoms with van der Waals surface area (Å²) in [4.78, 5) is 17.7. The van der Waals surface area contributed by atoms with Crippen LogP contribution in [0.4, 0.5) is 10.7 Å². The normalized spacial score (nSPS) is 20.4. The number of ether oxygens (including phenoxy) is 1. The minimum absolute atomic E-state index is 0.193. The molecular formula is C15H23N3O2S. The maximum absolute atomic E-state index is 12.4. The van der Waals surface area contributed by atoms with Gasteiger partial charge in [0.15, 0.2) is 11.5 Å². The molecule has 6 heteroatoms. The van der Waals surface area contributed by atoms with E-state index in [4.69, 9.17) is 10.5 Å². The van der Waals surface area contributed by atoms with Gasteiger partial charge in [0.2, 0.25) is 0 Å². The Bertz CT molecular complexity index is 539. The molecule has 3 rings (SSSR count). The van der Waals surface area contributed by atoms with Crippen molar-refractivity contribution in [3.05, 3.63) is 4.88 Å². The van der Waals surface area contributed by atoms with Gasteiger partial charge in [-0.3, -0.25) is 4.79 Å². The summed E-state index contributed by atoms with van der Waals surface area (Å²) in [5.41, 5.74) is 6.72. The van der Waals surface area contributed by atoms with Gasteiger partial charge in [-0.2, -0.15) is 0 Å². The Labute approximate surface area is 129 Å². The van der Waals surface area contributed by atoms with E-state index in [2.05, 4.69) is 16.8 Å². The molecule has 0 amide bonds. The molecule has 2 fully saturated rings. The van der Waals surface area contributed by atoms with E-state index < -0.39 is 0 Å². The fourth-order valence-corrected chi connectivity index (χ4v) is 4.05. The van der Waals surface area contributed by atoms with Gasteiger partial charge in [-0.15, -0.1) is 11.3 Å². The summed E-state index contributed by atoms with van der Waals surface area (Å²) in [5, 5.41) is 1.02. The number of rotatable bonds is 4. The number of carbonyl (C=O) groups is 1. The number of nitrogen functional groups attached to an aromatic ring is 1.